The Kier molecular flexibility index (Phi) is 4.41. The molecule has 0 saturated heterocycles. The highest BCUT2D eigenvalue weighted by Crippen LogP contribution is 2.24. The lowest BCUT2D eigenvalue weighted by Gasteiger charge is -2.14. The molecule has 1 aromatic rings. The minimum absolute atomic E-state index is 0.187. The third-order valence-electron chi connectivity index (χ3n) is 2.85. The van der Waals surface area contributed by atoms with Crippen LogP contribution in [0.3, 0.4) is 0 Å². The summed E-state index contributed by atoms with van der Waals surface area (Å²) in [6.07, 6.45) is -1.45. The van der Waals surface area contributed by atoms with Crippen LogP contribution in [0.5, 0.6) is 0 Å². The zero-order chi connectivity index (χ0) is 12.3. The minimum atomic E-state index is -2.36. The van der Waals surface area contributed by atoms with E-state index in [1.54, 1.807) is 0 Å². The normalized spacial score (nSPS) is 13.4. The van der Waals surface area contributed by atoms with E-state index >= 15 is 0 Å². The summed E-state index contributed by atoms with van der Waals surface area (Å²) >= 11 is 0. The van der Waals surface area contributed by atoms with Crippen molar-refractivity contribution in [2.75, 3.05) is 7.05 Å². The summed E-state index contributed by atoms with van der Waals surface area (Å²) < 4.78 is 26.1. The Bertz CT molecular complexity index is 343. The van der Waals surface area contributed by atoms with Crippen LogP contribution in [0.25, 0.3) is 0 Å². The monoisotopic (exact) mass is 231 g/mol. The number of hydrogen-bond donors (Lipinski definition) is 1. The third kappa shape index (κ3) is 2.58. The van der Waals surface area contributed by atoms with E-state index in [-0.39, 0.29) is 12.6 Å². The van der Waals surface area contributed by atoms with Crippen molar-refractivity contribution in [3.05, 3.63) is 17.0 Å². The Morgan fingerprint density at radius 2 is 2.00 bits per heavy atom. The molecule has 0 radical (unpaired) electrons. The number of nitrogens with zero attached hydrogens (tertiary/aromatic N) is 2. The van der Waals surface area contributed by atoms with Crippen molar-refractivity contribution in [2.24, 2.45) is 0 Å². The molecule has 0 spiro atoms. The van der Waals surface area contributed by atoms with E-state index < -0.39 is 6.43 Å². The van der Waals surface area contributed by atoms with Crippen LogP contribution < -0.4 is 5.32 Å². The van der Waals surface area contributed by atoms with Crippen LogP contribution in [0.1, 0.15) is 36.3 Å². The van der Waals surface area contributed by atoms with Crippen molar-refractivity contribution >= 4 is 0 Å². The zero-order valence-corrected chi connectivity index (χ0v) is 10.2. The SMILES string of the molecule is CCC(NC)c1c(C)nn(CC(F)F)c1C. The maximum absolute atomic E-state index is 12.3. The van der Waals surface area contributed by atoms with Crippen LogP contribution in [-0.4, -0.2) is 23.3 Å². The van der Waals surface area contributed by atoms with E-state index in [2.05, 4.69) is 17.3 Å². The van der Waals surface area contributed by atoms with E-state index in [1.807, 2.05) is 20.9 Å². The number of hydrogen-bond acceptors (Lipinski definition) is 2. The maximum Gasteiger partial charge on any atom is 0.257 e. The van der Waals surface area contributed by atoms with Gasteiger partial charge in [-0.2, -0.15) is 5.10 Å². The Labute approximate surface area is 94.8 Å². The second-order valence-electron chi connectivity index (χ2n) is 3.91. The number of alkyl halides is 2. The van der Waals surface area contributed by atoms with Gasteiger partial charge in [-0.25, -0.2) is 8.78 Å². The lowest BCUT2D eigenvalue weighted by atomic mass is 10.0. The van der Waals surface area contributed by atoms with E-state index in [4.69, 9.17) is 0 Å². The van der Waals surface area contributed by atoms with E-state index in [0.29, 0.717) is 0 Å². The van der Waals surface area contributed by atoms with Crippen LogP contribution in [-0.2, 0) is 6.54 Å². The molecule has 0 bridgehead atoms. The average Bonchev–Trinajstić information content (AvgIpc) is 2.46. The summed E-state index contributed by atoms with van der Waals surface area (Å²) in [5.41, 5.74) is 2.71. The molecule has 5 heteroatoms. The first kappa shape index (κ1) is 13.1. The Balaban J connectivity index is 3.05. The summed E-state index contributed by atoms with van der Waals surface area (Å²) in [5.74, 6) is 0. The van der Waals surface area contributed by atoms with Gasteiger partial charge in [0.1, 0.15) is 6.54 Å². The molecule has 1 atom stereocenters. The zero-order valence-electron chi connectivity index (χ0n) is 10.2. The van der Waals surface area contributed by atoms with Crippen molar-refractivity contribution in [1.82, 2.24) is 15.1 Å². The molecular weight excluding hydrogens is 212 g/mol. The molecule has 3 nitrogen and oxygen atoms in total. The van der Waals surface area contributed by atoms with Crippen molar-refractivity contribution in [3.8, 4) is 0 Å². The fraction of sp³-hybridized carbons (Fsp3) is 0.727. The first-order chi connectivity index (χ1) is 7.51. The standard InChI is InChI=1S/C11H19F2N3/c1-5-9(14-4)11-7(2)15-16(8(11)3)6-10(12)13/h9-10,14H,5-6H2,1-4H3. The Hall–Kier alpha value is -0.970. The molecule has 1 aromatic heterocycles. The van der Waals surface area contributed by atoms with Gasteiger partial charge in [0, 0.05) is 17.3 Å². The first-order valence-electron chi connectivity index (χ1n) is 5.50. The van der Waals surface area contributed by atoms with Crippen molar-refractivity contribution in [3.63, 3.8) is 0 Å². The van der Waals surface area contributed by atoms with Gasteiger partial charge < -0.3 is 5.32 Å². The number of aryl methyl sites for hydroxylation is 1. The highest BCUT2D eigenvalue weighted by Gasteiger charge is 2.19. The highest BCUT2D eigenvalue weighted by molar-refractivity contribution is 5.28. The predicted molar refractivity (Wildman–Crippen MR) is 59.8 cm³/mol. The van der Waals surface area contributed by atoms with E-state index in [0.717, 1.165) is 23.4 Å². The minimum Gasteiger partial charge on any atom is -0.313 e. The molecule has 0 aromatic carbocycles. The van der Waals surface area contributed by atoms with Crippen LogP contribution in [0, 0.1) is 13.8 Å². The van der Waals surface area contributed by atoms with Gasteiger partial charge in [0.2, 0.25) is 0 Å². The van der Waals surface area contributed by atoms with Crippen molar-refractivity contribution in [1.29, 1.82) is 0 Å². The van der Waals surface area contributed by atoms with Gasteiger partial charge in [-0.05, 0) is 27.3 Å². The molecule has 0 aliphatic rings. The van der Waals surface area contributed by atoms with Gasteiger partial charge >= 0.3 is 0 Å². The van der Waals surface area contributed by atoms with Gasteiger partial charge in [0.15, 0.2) is 0 Å². The molecule has 0 aliphatic heterocycles. The van der Waals surface area contributed by atoms with Gasteiger partial charge in [-0.3, -0.25) is 4.68 Å². The summed E-state index contributed by atoms with van der Waals surface area (Å²) in [6, 6.07) is 0.187. The van der Waals surface area contributed by atoms with Gasteiger partial charge in [0.25, 0.3) is 6.43 Å². The molecule has 0 amide bonds. The van der Waals surface area contributed by atoms with Crippen molar-refractivity contribution < 1.29 is 8.78 Å². The largest absolute Gasteiger partial charge is 0.313 e. The van der Waals surface area contributed by atoms with Crippen LogP contribution >= 0.6 is 0 Å². The van der Waals surface area contributed by atoms with Gasteiger partial charge in [-0.15, -0.1) is 0 Å². The van der Waals surface area contributed by atoms with E-state index in [1.165, 1.54) is 4.68 Å². The van der Waals surface area contributed by atoms with Crippen LogP contribution in [0.2, 0.25) is 0 Å². The fourth-order valence-electron chi connectivity index (χ4n) is 2.08. The molecule has 1 unspecified atom stereocenters. The topological polar surface area (TPSA) is 29.9 Å². The Morgan fingerprint density at radius 1 is 1.38 bits per heavy atom. The highest BCUT2D eigenvalue weighted by atomic mass is 19.3. The quantitative estimate of drug-likeness (QED) is 0.843. The number of nitrogens with one attached hydrogen (secondary N) is 1. The molecule has 0 aliphatic carbocycles. The van der Waals surface area contributed by atoms with E-state index in [9.17, 15) is 8.78 Å². The van der Waals surface area contributed by atoms with Crippen LogP contribution in [0.4, 0.5) is 8.78 Å². The third-order valence-corrected chi connectivity index (χ3v) is 2.85. The van der Waals surface area contributed by atoms with Gasteiger partial charge in [0.05, 0.1) is 5.69 Å². The summed E-state index contributed by atoms with van der Waals surface area (Å²) in [7, 11) is 1.87. The predicted octanol–water partition coefficient (Wildman–Crippen LogP) is 2.44. The summed E-state index contributed by atoms with van der Waals surface area (Å²) in [4.78, 5) is 0. The maximum atomic E-state index is 12.3. The molecule has 1 N–H and O–H groups in total. The molecule has 0 fully saturated rings. The Morgan fingerprint density at radius 3 is 2.44 bits per heavy atom. The molecule has 92 valence electrons. The van der Waals surface area contributed by atoms with Crippen LogP contribution in [0.15, 0.2) is 0 Å². The molecule has 1 rings (SSSR count). The first-order valence-corrected chi connectivity index (χ1v) is 5.50. The number of rotatable bonds is 5. The summed E-state index contributed by atoms with van der Waals surface area (Å²) in [5, 5.41) is 7.34. The van der Waals surface area contributed by atoms with Crippen molar-refractivity contribution in [2.45, 2.75) is 46.2 Å². The number of halogens is 2. The molecule has 1 heterocycles. The lowest BCUT2D eigenvalue weighted by Crippen LogP contribution is -2.17. The molecule has 0 saturated carbocycles. The molecule has 16 heavy (non-hydrogen) atoms. The summed E-state index contributed by atoms with van der Waals surface area (Å²) in [6.45, 7) is 5.44. The second kappa shape index (κ2) is 5.39. The fourth-order valence-corrected chi connectivity index (χ4v) is 2.08. The smallest absolute Gasteiger partial charge is 0.257 e. The second-order valence-corrected chi connectivity index (χ2v) is 3.91. The molecular formula is C11H19F2N3. The number of aromatic nitrogens is 2. The van der Waals surface area contributed by atoms with Gasteiger partial charge in [-0.1, -0.05) is 6.92 Å². The lowest BCUT2D eigenvalue weighted by molar-refractivity contribution is 0.121. The average molecular weight is 231 g/mol.